The molecule has 0 radical (unpaired) electrons. The number of rotatable bonds is 5. The first-order valence-electron chi connectivity index (χ1n) is 11.6. The van der Waals surface area contributed by atoms with E-state index >= 15 is 0 Å². The molecule has 3 aromatic carbocycles. The maximum absolute atomic E-state index is 13.6. The molecule has 1 saturated heterocycles. The van der Waals surface area contributed by atoms with E-state index in [1.165, 1.54) is 6.07 Å². The molecule has 3 aromatic rings. The van der Waals surface area contributed by atoms with Gasteiger partial charge < -0.3 is 24.6 Å². The molecule has 0 saturated carbocycles. The molecule has 1 atom stereocenters. The van der Waals surface area contributed by atoms with Crippen LogP contribution in [0.5, 0.6) is 11.5 Å². The minimum atomic E-state index is -1.37. The first-order chi connectivity index (χ1) is 17.4. The normalized spacial score (nSPS) is 17.3. The Hall–Kier alpha value is -3.75. The quantitative estimate of drug-likeness (QED) is 0.518. The molecule has 0 bridgehead atoms. The molecule has 186 valence electrons. The smallest absolute Gasteiger partial charge is 0.418 e. The van der Waals surface area contributed by atoms with Crippen molar-refractivity contribution in [2.75, 3.05) is 43.2 Å². The van der Waals surface area contributed by atoms with Crippen molar-refractivity contribution >= 4 is 35.0 Å². The lowest BCUT2D eigenvalue weighted by Gasteiger charge is -2.34. The number of hydrogen-bond acceptors (Lipinski definition) is 6. The predicted molar refractivity (Wildman–Crippen MR) is 136 cm³/mol. The monoisotopic (exact) mass is 508 g/mol. The number of hydrogen-bond donors (Lipinski definition) is 2. The molecule has 1 unspecified atom stereocenters. The molecule has 1 fully saturated rings. The average Bonchev–Trinajstić information content (AvgIpc) is 3.16. The van der Waals surface area contributed by atoms with Crippen molar-refractivity contribution in [1.82, 2.24) is 0 Å². The fraction of sp³-hybridized carbons (Fsp3) is 0.259. The number of carboxylic acid groups (broad SMARTS) is 1. The number of ether oxygens (including phenoxy) is 2. The molecule has 2 aliphatic heterocycles. The maximum atomic E-state index is 13.6. The van der Waals surface area contributed by atoms with E-state index in [1.54, 1.807) is 31.4 Å². The summed E-state index contributed by atoms with van der Waals surface area (Å²) in [5, 5.41) is 21.2. The molecule has 8 nitrogen and oxygen atoms in total. The van der Waals surface area contributed by atoms with Gasteiger partial charge in [-0.25, -0.2) is 9.69 Å². The number of anilines is 2. The fourth-order valence-electron chi connectivity index (χ4n) is 5.03. The van der Waals surface area contributed by atoms with Crippen LogP contribution in [0.1, 0.15) is 28.2 Å². The Labute approximate surface area is 213 Å². The van der Waals surface area contributed by atoms with Crippen molar-refractivity contribution < 1.29 is 29.3 Å². The minimum Gasteiger partial charge on any atom is -0.508 e. The van der Waals surface area contributed by atoms with Crippen molar-refractivity contribution in [3.63, 3.8) is 0 Å². The van der Waals surface area contributed by atoms with Gasteiger partial charge in [-0.05, 0) is 47.0 Å². The van der Waals surface area contributed by atoms with Crippen molar-refractivity contribution in [3.8, 4) is 11.5 Å². The van der Waals surface area contributed by atoms with E-state index in [4.69, 9.17) is 21.1 Å². The van der Waals surface area contributed by atoms with Crippen LogP contribution in [0.3, 0.4) is 0 Å². The van der Waals surface area contributed by atoms with Gasteiger partial charge in [0.05, 0.1) is 31.9 Å². The molecule has 0 aromatic heterocycles. The van der Waals surface area contributed by atoms with Crippen LogP contribution in [0.2, 0.25) is 5.02 Å². The number of phenols is 1. The van der Waals surface area contributed by atoms with Crippen LogP contribution in [0.25, 0.3) is 0 Å². The summed E-state index contributed by atoms with van der Waals surface area (Å²) < 4.78 is 10.9. The molecular formula is C27H25ClN2O6. The first-order valence-corrected chi connectivity index (χ1v) is 11.9. The van der Waals surface area contributed by atoms with Gasteiger partial charge in [-0.3, -0.25) is 4.79 Å². The Morgan fingerprint density at radius 3 is 2.58 bits per heavy atom. The predicted octanol–water partition coefficient (Wildman–Crippen LogP) is 4.64. The highest BCUT2D eigenvalue weighted by molar-refractivity contribution is 6.31. The Morgan fingerprint density at radius 2 is 1.86 bits per heavy atom. The van der Waals surface area contributed by atoms with Gasteiger partial charge in [-0.15, -0.1) is 0 Å². The number of fused-ring (bicyclic) bond motifs is 1. The lowest BCUT2D eigenvalue weighted by Crippen LogP contribution is -2.38. The van der Waals surface area contributed by atoms with E-state index < -0.39 is 17.9 Å². The number of imide groups is 1. The number of methoxy groups -OCH3 is 1. The molecular weight excluding hydrogens is 484 g/mol. The summed E-state index contributed by atoms with van der Waals surface area (Å²) >= 11 is 6.15. The second-order valence-corrected chi connectivity index (χ2v) is 9.16. The van der Waals surface area contributed by atoms with Crippen molar-refractivity contribution in [2.45, 2.75) is 12.3 Å². The molecule has 0 spiro atoms. The van der Waals surface area contributed by atoms with E-state index in [0.29, 0.717) is 65.9 Å². The van der Waals surface area contributed by atoms with Gasteiger partial charge in [0, 0.05) is 35.8 Å². The summed E-state index contributed by atoms with van der Waals surface area (Å²) in [5.74, 6) is -0.645. The summed E-state index contributed by atoms with van der Waals surface area (Å²) in [6, 6.07) is 15.7. The van der Waals surface area contributed by atoms with E-state index in [1.807, 2.05) is 24.3 Å². The molecule has 2 heterocycles. The van der Waals surface area contributed by atoms with Crippen molar-refractivity contribution in [3.05, 3.63) is 81.9 Å². The van der Waals surface area contributed by atoms with Crippen molar-refractivity contribution in [1.29, 1.82) is 0 Å². The molecule has 2 N–H and O–H groups in total. The molecule has 36 heavy (non-hydrogen) atoms. The van der Waals surface area contributed by atoms with Gasteiger partial charge in [-0.2, -0.15) is 0 Å². The zero-order chi connectivity index (χ0) is 25.4. The highest BCUT2D eigenvalue weighted by atomic mass is 35.5. The van der Waals surface area contributed by atoms with Gasteiger partial charge in [0.2, 0.25) is 5.91 Å². The van der Waals surface area contributed by atoms with Gasteiger partial charge in [0.25, 0.3) is 0 Å². The van der Waals surface area contributed by atoms with E-state index in [9.17, 15) is 19.8 Å². The summed E-state index contributed by atoms with van der Waals surface area (Å²) in [5.41, 5.74) is 3.73. The number of aromatic hydroxyl groups is 1. The second kappa shape index (κ2) is 9.72. The topological polar surface area (TPSA) is 99.5 Å². The molecule has 5 rings (SSSR count). The third-order valence-electron chi connectivity index (χ3n) is 6.65. The number of amides is 2. The molecule has 2 amide bonds. The van der Waals surface area contributed by atoms with Crippen LogP contribution in [0.4, 0.5) is 16.2 Å². The third-order valence-corrected chi connectivity index (χ3v) is 6.88. The zero-order valence-corrected chi connectivity index (χ0v) is 20.4. The fourth-order valence-corrected chi connectivity index (χ4v) is 5.20. The van der Waals surface area contributed by atoms with E-state index in [-0.39, 0.29) is 11.4 Å². The maximum Gasteiger partial charge on any atom is 0.418 e. The minimum absolute atomic E-state index is 0.0972. The molecule has 0 aliphatic carbocycles. The van der Waals surface area contributed by atoms with Gasteiger partial charge in [-0.1, -0.05) is 35.9 Å². The Morgan fingerprint density at radius 1 is 1.11 bits per heavy atom. The highest BCUT2D eigenvalue weighted by Crippen LogP contribution is 2.47. The second-order valence-electron chi connectivity index (χ2n) is 8.72. The molecule has 9 heteroatoms. The number of phenolic OH excluding ortho intramolecular Hbond substituents is 1. The van der Waals surface area contributed by atoms with Crippen molar-refractivity contribution in [2.24, 2.45) is 0 Å². The lowest BCUT2D eigenvalue weighted by molar-refractivity contribution is -0.118. The Bertz CT molecular complexity index is 1340. The SMILES string of the molecule is COc1cccc(Cc2c(O)ccc(C3C(=O)N(C(=O)O)c4cc(Cl)ccc43)c2N2CCOCC2)c1. The number of carbonyl (C=O) groups excluding carboxylic acids is 1. The third kappa shape index (κ3) is 4.23. The van der Waals surface area contributed by atoms with Crippen LogP contribution in [-0.2, 0) is 16.0 Å². The highest BCUT2D eigenvalue weighted by Gasteiger charge is 2.44. The number of halogens is 1. The first kappa shape index (κ1) is 24.0. The van der Waals surface area contributed by atoms with Gasteiger partial charge in [0.1, 0.15) is 11.5 Å². The average molecular weight is 509 g/mol. The van der Waals surface area contributed by atoms with E-state index in [0.717, 1.165) is 10.5 Å². The number of carbonyl (C=O) groups is 2. The number of morpholine rings is 1. The largest absolute Gasteiger partial charge is 0.508 e. The Kier molecular flexibility index (Phi) is 6.47. The van der Waals surface area contributed by atoms with E-state index in [2.05, 4.69) is 4.90 Å². The lowest BCUT2D eigenvalue weighted by atomic mass is 9.87. The van der Waals surface area contributed by atoms with Gasteiger partial charge >= 0.3 is 6.09 Å². The van der Waals surface area contributed by atoms with Crippen LogP contribution >= 0.6 is 11.6 Å². The number of nitrogens with zero attached hydrogens (tertiary/aromatic N) is 2. The summed E-state index contributed by atoms with van der Waals surface area (Å²) in [6.07, 6.45) is -0.977. The van der Waals surface area contributed by atoms with Gasteiger partial charge in [0.15, 0.2) is 0 Å². The number of benzene rings is 3. The van der Waals surface area contributed by atoms with Crippen LogP contribution in [0.15, 0.2) is 54.6 Å². The standard InChI is InChI=1S/C27H25ClN2O6/c1-35-18-4-2-3-16(13-18)14-21-23(31)8-7-20(25(21)29-9-11-36-12-10-29)24-19-6-5-17(28)15-22(19)30(26(24)32)27(33)34/h2-8,13,15,24,31H,9-12,14H2,1H3,(H,33,34). The van der Waals surface area contributed by atoms with Crippen LogP contribution in [-0.4, -0.2) is 55.6 Å². The zero-order valence-electron chi connectivity index (χ0n) is 19.6. The van der Waals surface area contributed by atoms with Crippen LogP contribution in [0, 0.1) is 0 Å². The van der Waals surface area contributed by atoms with Crippen LogP contribution < -0.4 is 14.5 Å². The molecule has 2 aliphatic rings. The summed E-state index contributed by atoms with van der Waals surface area (Å²) in [4.78, 5) is 28.5. The summed E-state index contributed by atoms with van der Waals surface area (Å²) in [7, 11) is 1.60. The summed E-state index contributed by atoms with van der Waals surface area (Å²) in [6.45, 7) is 2.14. The Balaban J connectivity index is 1.69.